The van der Waals surface area contributed by atoms with Crippen LogP contribution in [-0.2, 0) is 0 Å². The highest BCUT2D eigenvalue weighted by molar-refractivity contribution is 6.25. The van der Waals surface area contributed by atoms with Gasteiger partial charge in [0, 0.05) is 24.0 Å². The van der Waals surface area contributed by atoms with Crippen LogP contribution in [0.1, 0.15) is 17.9 Å². The molecule has 0 spiro atoms. The van der Waals surface area contributed by atoms with Crippen molar-refractivity contribution in [1.82, 2.24) is 5.32 Å². The highest BCUT2D eigenvalue weighted by Crippen LogP contribution is 2.40. The lowest BCUT2D eigenvalue weighted by atomic mass is 10.1. The Morgan fingerprint density at radius 2 is 2.14 bits per heavy atom. The Balaban J connectivity index is 1.82. The largest absolute Gasteiger partial charge is 0.310 e. The minimum absolute atomic E-state index is 0.644. The van der Waals surface area contributed by atoms with Crippen molar-refractivity contribution < 1.29 is 0 Å². The molecule has 1 aliphatic rings. The molecule has 0 radical (unpaired) electrons. The molecule has 0 amide bonds. The first-order valence-electron chi connectivity index (χ1n) is 4.95. The smallest absolute Gasteiger partial charge is 0.0149 e. The standard InChI is InChI=1S/C12H14ClN/c13-7-4-8-14-12-9-11(12)10-5-2-1-3-6-10/h1-7,11-12,14H,8-9H2/b7-4+. The molecule has 0 bridgehead atoms. The Bertz CT molecular complexity index is 307. The first-order valence-corrected chi connectivity index (χ1v) is 5.39. The summed E-state index contributed by atoms with van der Waals surface area (Å²) in [7, 11) is 0. The Morgan fingerprint density at radius 3 is 2.86 bits per heavy atom. The summed E-state index contributed by atoms with van der Waals surface area (Å²) < 4.78 is 0. The van der Waals surface area contributed by atoms with E-state index in [1.165, 1.54) is 12.0 Å². The van der Waals surface area contributed by atoms with Gasteiger partial charge in [0.05, 0.1) is 0 Å². The molecule has 1 N–H and O–H groups in total. The van der Waals surface area contributed by atoms with Gasteiger partial charge in [0.2, 0.25) is 0 Å². The van der Waals surface area contributed by atoms with Crippen LogP contribution in [-0.4, -0.2) is 12.6 Å². The maximum absolute atomic E-state index is 5.44. The van der Waals surface area contributed by atoms with Gasteiger partial charge in [-0.1, -0.05) is 48.0 Å². The minimum Gasteiger partial charge on any atom is -0.310 e. The van der Waals surface area contributed by atoms with Crippen molar-refractivity contribution in [1.29, 1.82) is 0 Å². The molecule has 1 aromatic rings. The molecule has 1 nitrogen and oxygen atoms in total. The molecule has 2 atom stereocenters. The summed E-state index contributed by atoms with van der Waals surface area (Å²) in [6, 6.07) is 11.3. The summed E-state index contributed by atoms with van der Waals surface area (Å²) in [4.78, 5) is 0. The quantitative estimate of drug-likeness (QED) is 0.801. The monoisotopic (exact) mass is 207 g/mol. The van der Waals surface area contributed by atoms with Crippen molar-refractivity contribution in [3.8, 4) is 0 Å². The summed E-state index contributed by atoms with van der Waals surface area (Å²) in [5.74, 6) is 0.708. The van der Waals surface area contributed by atoms with Crippen molar-refractivity contribution in [2.75, 3.05) is 6.54 Å². The van der Waals surface area contributed by atoms with Crippen LogP contribution in [0.2, 0.25) is 0 Å². The van der Waals surface area contributed by atoms with Gasteiger partial charge < -0.3 is 5.32 Å². The summed E-state index contributed by atoms with van der Waals surface area (Å²) in [6.45, 7) is 0.873. The minimum atomic E-state index is 0.644. The number of halogens is 1. The van der Waals surface area contributed by atoms with Crippen molar-refractivity contribution in [2.24, 2.45) is 0 Å². The maximum Gasteiger partial charge on any atom is 0.0149 e. The van der Waals surface area contributed by atoms with Gasteiger partial charge in [-0.05, 0) is 12.0 Å². The molecular weight excluding hydrogens is 194 g/mol. The van der Waals surface area contributed by atoms with Crippen LogP contribution in [0.25, 0.3) is 0 Å². The van der Waals surface area contributed by atoms with Gasteiger partial charge in [-0.2, -0.15) is 0 Å². The van der Waals surface area contributed by atoms with E-state index < -0.39 is 0 Å². The predicted molar refractivity (Wildman–Crippen MR) is 60.6 cm³/mol. The van der Waals surface area contributed by atoms with E-state index in [4.69, 9.17) is 11.6 Å². The van der Waals surface area contributed by atoms with Crippen LogP contribution in [0.5, 0.6) is 0 Å². The lowest BCUT2D eigenvalue weighted by Crippen LogP contribution is -2.17. The molecule has 0 saturated heterocycles. The van der Waals surface area contributed by atoms with Gasteiger partial charge in [0.1, 0.15) is 0 Å². The number of hydrogen-bond donors (Lipinski definition) is 1. The third-order valence-corrected chi connectivity index (χ3v) is 2.78. The zero-order valence-electron chi connectivity index (χ0n) is 7.99. The second-order valence-electron chi connectivity index (χ2n) is 3.63. The van der Waals surface area contributed by atoms with Crippen LogP contribution >= 0.6 is 11.6 Å². The molecule has 1 aromatic carbocycles. The van der Waals surface area contributed by atoms with Crippen LogP contribution in [0.3, 0.4) is 0 Å². The molecule has 0 heterocycles. The van der Waals surface area contributed by atoms with Gasteiger partial charge in [0.25, 0.3) is 0 Å². The van der Waals surface area contributed by atoms with Crippen molar-refractivity contribution in [3.63, 3.8) is 0 Å². The fraction of sp³-hybridized carbons (Fsp3) is 0.333. The number of nitrogens with one attached hydrogen (secondary N) is 1. The number of hydrogen-bond acceptors (Lipinski definition) is 1. The summed E-state index contributed by atoms with van der Waals surface area (Å²) >= 11 is 5.44. The normalized spacial score (nSPS) is 25.5. The van der Waals surface area contributed by atoms with E-state index in [9.17, 15) is 0 Å². The van der Waals surface area contributed by atoms with Crippen molar-refractivity contribution >= 4 is 11.6 Å². The van der Waals surface area contributed by atoms with E-state index in [2.05, 4.69) is 35.6 Å². The van der Waals surface area contributed by atoms with Gasteiger partial charge >= 0.3 is 0 Å². The van der Waals surface area contributed by atoms with Crippen molar-refractivity contribution in [2.45, 2.75) is 18.4 Å². The predicted octanol–water partition coefficient (Wildman–Crippen LogP) is 2.88. The van der Waals surface area contributed by atoms with E-state index in [0.29, 0.717) is 12.0 Å². The SMILES string of the molecule is Cl/C=C/CNC1CC1c1ccccc1. The van der Waals surface area contributed by atoms with E-state index >= 15 is 0 Å². The highest BCUT2D eigenvalue weighted by Gasteiger charge is 2.37. The zero-order valence-corrected chi connectivity index (χ0v) is 8.74. The average molecular weight is 208 g/mol. The molecule has 1 aliphatic carbocycles. The molecular formula is C12H14ClN. The fourth-order valence-corrected chi connectivity index (χ4v) is 1.84. The first kappa shape index (κ1) is 9.75. The molecule has 1 saturated carbocycles. The van der Waals surface area contributed by atoms with Gasteiger partial charge in [-0.25, -0.2) is 0 Å². The molecule has 0 aliphatic heterocycles. The van der Waals surface area contributed by atoms with Crippen LogP contribution in [0.15, 0.2) is 41.9 Å². The molecule has 1 fully saturated rings. The first-order chi connectivity index (χ1) is 6.92. The lowest BCUT2D eigenvalue weighted by Gasteiger charge is -2.00. The highest BCUT2D eigenvalue weighted by atomic mass is 35.5. The van der Waals surface area contributed by atoms with Crippen LogP contribution in [0.4, 0.5) is 0 Å². The van der Waals surface area contributed by atoms with Crippen LogP contribution < -0.4 is 5.32 Å². The molecule has 14 heavy (non-hydrogen) atoms. The molecule has 2 heteroatoms. The van der Waals surface area contributed by atoms with E-state index in [0.717, 1.165) is 6.54 Å². The summed E-state index contributed by atoms with van der Waals surface area (Å²) in [5, 5.41) is 3.43. The second-order valence-corrected chi connectivity index (χ2v) is 3.88. The molecule has 0 aromatic heterocycles. The van der Waals surface area contributed by atoms with Gasteiger partial charge in [-0.3, -0.25) is 0 Å². The lowest BCUT2D eigenvalue weighted by molar-refractivity contribution is 0.733. The number of benzene rings is 1. The maximum atomic E-state index is 5.44. The van der Waals surface area contributed by atoms with Crippen molar-refractivity contribution in [3.05, 3.63) is 47.5 Å². The molecule has 74 valence electrons. The Kier molecular flexibility index (Phi) is 3.22. The van der Waals surface area contributed by atoms with Gasteiger partial charge in [0.15, 0.2) is 0 Å². The van der Waals surface area contributed by atoms with Crippen LogP contribution in [0, 0.1) is 0 Å². The summed E-state index contributed by atoms with van der Waals surface area (Å²) in [5.41, 5.74) is 3.01. The third kappa shape index (κ3) is 2.37. The molecule has 2 unspecified atom stereocenters. The third-order valence-electron chi connectivity index (χ3n) is 2.61. The summed E-state index contributed by atoms with van der Waals surface area (Å²) in [6.07, 6.45) is 3.18. The second kappa shape index (κ2) is 4.63. The zero-order chi connectivity index (χ0) is 9.80. The number of rotatable bonds is 4. The Morgan fingerprint density at radius 1 is 1.36 bits per heavy atom. The van der Waals surface area contributed by atoms with Gasteiger partial charge in [-0.15, -0.1) is 0 Å². The molecule has 2 rings (SSSR count). The fourth-order valence-electron chi connectivity index (χ4n) is 1.75. The van der Waals surface area contributed by atoms with E-state index in [-0.39, 0.29) is 0 Å². The Labute approximate surface area is 89.8 Å². The Hall–Kier alpha value is -0.790. The topological polar surface area (TPSA) is 12.0 Å². The average Bonchev–Trinajstić information content (AvgIpc) is 2.99. The van der Waals surface area contributed by atoms with E-state index in [1.54, 1.807) is 5.54 Å². The van der Waals surface area contributed by atoms with E-state index in [1.807, 2.05) is 6.08 Å².